The summed E-state index contributed by atoms with van der Waals surface area (Å²) in [6.45, 7) is 13.3. The van der Waals surface area contributed by atoms with E-state index < -0.39 is 0 Å². The highest BCUT2D eigenvalue weighted by Gasteiger charge is 2.61. The topological polar surface area (TPSA) is 29.5 Å². The summed E-state index contributed by atoms with van der Waals surface area (Å²) in [5, 5.41) is 10.3. The first-order valence-corrected chi connectivity index (χ1v) is 14.5. The maximum atomic E-state index is 10.3. The van der Waals surface area contributed by atoms with Crippen molar-refractivity contribution in [3.05, 3.63) is 0 Å². The molecule has 0 spiro atoms. The second-order valence-electron chi connectivity index (χ2n) is 14.1. The van der Waals surface area contributed by atoms with Gasteiger partial charge in [0.25, 0.3) is 0 Å². The van der Waals surface area contributed by atoms with Crippen LogP contribution in [0.5, 0.6) is 0 Å². The molecule has 1 saturated heterocycles. The van der Waals surface area contributed by atoms with Gasteiger partial charge in [-0.3, -0.25) is 0 Å². The van der Waals surface area contributed by atoms with Crippen LogP contribution >= 0.6 is 0 Å². The van der Waals surface area contributed by atoms with Crippen molar-refractivity contribution < 1.29 is 9.84 Å². The minimum absolute atomic E-state index is 0.224. The normalized spacial score (nSPS) is 51.5. The van der Waals surface area contributed by atoms with Gasteiger partial charge in [0.2, 0.25) is 0 Å². The fourth-order valence-electron chi connectivity index (χ4n) is 10.5. The quantitative estimate of drug-likeness (QED) is 0.476. The van der Waals surface area contributed by atoms with Gasteiger partial charge in [0.15, 0.2) is 0 Å². The third kappa shape index (κ3) is 3.92. The van der Waals surface area contributed by atoms with Crippen molar-refractivity contribution in [1.29, 1.82) is 0 Å². The van der Waals surface area contributed by atoms with Crippen LogP contribution in [0.15, 0.2) is 0 Å². The average Bonchev–Trinajstić information content (AvgIpc) is 3.09. The molecule has 5 aliphatic rings. The summed E-state index contributed by atoms with van der Waals surface area (Å²) in [7, 11) is 0. The maximum absolute atomic E-state index is 10.3. The molecular formula is C30H52O2. The Kier molecular flexibility index (Phi) is 6.54. The Morgan fingerprint density at radius 2 is 1.69 bits per heavy atom. The fraction of sp³-hybridized carbons (Fsp3) is 1.00. The molecule has 11 atom stereocenters. The summed E-state index contributed by atoms with van der Waals surface area (Å²) in [5.74, 6) is 7.05. The number of hydrogen-bond acceptors (Lipinski definition) is 2. The number of fused-ring (bicyclic) bond motifs is 6. The highest BCUT2D eigenvalue weighted by Crippen LogP contribution is 2.69. The highest BCUT2D eigenvalue weighted by atomic mass is 16.5. The van der Waals surface area contributed by atoms with Gasteiger partial charge in [-0.25, -0.2) is 0 Å². The molecule has 0 aromatic heterocycles. The summed E-state index contributed by atoms with van der Waals surface area (Å²) in [6, 6.07) is 0. The van der Waals surface area contributed by atoms with Gasteiger partial charge in [-0.15, -0.1) is 0 Å². The SMILES string of the molecule is CC(C)CCCC(C)C1CCC2C3CCC4CC5OCC(O)CC5CC4(C)C3CCC12C. The molecule has 32 heavy (non-hydrogen) atoms. The molecular weight excluding hydrogens is 392 g/mol. The lowest BCUT2D eigenvalue weighted by Gasteiger charge is -2.63. The molecule has 0 radical (unpaired) electrons. The Morgan fingerprint density at radius 3 is 2.47 bits per heavy atom. The first-order valence-electron chi connectivity index (χ1n) is 14.5. The summed E-state index contributed by atoms with van der Waals surface area (Å²) >= 11 is 0. The summed E-state index contributed by atoms with van der Waals surface area (Å²) < 4.78 is 6.15. The fourth-order valence-corrected chi connectivity index (χ4v) is 10.5. The lowest BCUT2D eigenvalue weighted by Crippen LogP contribution is -2.57. The Hall–Kier alpha value is -0.0800. The number of aliphatic hydroxyl groups is 1. The van der Waals surface area contributed by atoms with E-state index in [2.05, 4.69) is 34.6 Å². The predicted octanol–water partition coefficient (Wildman–Crippen LogP) is 7.48. The van der Waals surface area contributed by atoms with Crippen molar-refractivity contribution in [1.82, 2.24) is 0 Å². The van der Waals surface area contributed by atoms with Crippen LogP contribution in [0.3, 0.4) is 0 Å². The third-order valence-electron chi connectivity index (χ3n) is 12.1. The molecule has 0 aromatic rings. The molecule has 0 bridgehead atoms. The van der Waals surface area contributed by atoms with Crippen LogP contribution in [0.4, 0.5) is 0 Å². The molecule has 0 amide bonds. The molecule has 2 heteroatoms. The molecule has 5 fully saturated rings. The Bertz CT molecular complexity index is 659. The van der Waals surface area contributed by atoms with Crippen LogP contribution in [0, 0.1) is 58.2 Å². The standard InChI is InChI=1S/C30H52O2/c1-19(2)7-6-8-20(3)25-11-12-26-24-10-9-22-16-28-21(15-23(31)18-32-28)17-30(22,5)27(24)13-14-29(25,26)4/h19-28,31H,6-18H2,1-5H3. The van der Waals surface area contributed by atoms with Gasteiger partial charge in [0.1, 0.15) is 0 Å². The minimum Gasteiger partial charge on any atom is -0.391 e. The molecule has 1 aliphatic heterocycles. The minimum atomic E-state index is -0.224. The molecule has 184 valence electrons. The van der Waals surface area contributed by atoms with Gasteiger partial charge >= 0.3 is 0 Å². The smallest absolute Gasteiger partial charge is 0.0777 e. The Balaban J connectivity index is 1.30. The second-order valence-corrected chi connectivity index (χ2v) is 14.1. The Labute approximate surface area is 198 Å². The number of ether oxygens (including phenoxy) is 1. The summed E-state index contributed by atoms with van der Waals surface area (Å²) in [4.78, 5) is 0. The maximum Gasteiger partial charge on any atom is 0.0777 e. The monoisotopic (exact) mass is 444 g/mol. The van der Waals surface area contributed by atoms with E-state index in [1.165, 1.54) is 70.6 Å². The Morgan fingerprint density at radius 1 is 0.906 bits per heavy atom. The van der Waals surface area contributed by atoms with E-state index in [4.69, 9.17) is 4.74 Å². The van der Waals surface area contributed by atoms with E-state index in [0.29, 0.717) is 29.5 Å². The van der Waals surface area contributed by atoms with Gasteiger partial charge in [-0.2, -0.15) is 0 Å². The average molecular weight is 445 g/mol. The van der Waals surface area contributed by atoms with Crippen LogP contribution in [0.1, 0.15) is 112 Å². The van der Waals surface area contributed by atoms with Crippen molar-refractivity contribution in [2.75, 3.05) is 6.61 Å². The number of rotatable bonds is 5. The molecule has 1 N–H and O–H groups in total. The van der Waals surface area contributed by atoms with Gasteiger partial charge in [0.05, 0.1) is 18.8 Å². The molecule has 0 aromatic carbocycles. The molecule has 4 aliphatic carbocycles. The number of hydrogen-bond donors (Lipinski definition) is 1. The van der Waals surface area contributed by atoms with Gasteiger partial charge in [0, 0.05) is 0 Å². The molecule has 5 rings (SSSR count). The van der Waals surface area contributed by atoms with Crippen molar-refractivity contribution >= 4 is 0 Å². The van der Waals surface area contributed by atoms with Gasteiger partial charge in [-0.1, -0.05) is 53.9 Å². The zero-order valence-corrected chi connectivity index (χ0v) is 21.8. The van der Waals surface area contributed by atoms with Crippen LogP contribution in [-0.4, -0.2) is 23.9 Å². The largest absolute Gasteiger partial charge is 0.391 e. The summed E-state index contributed by atoms with van der Waals surface area (Å²) in [6.07, 6.45) is 17.0. The van der Waals surface area contributed by atoms with Crippen LogP contribution in [-0.2, 0) is 4.74 Å². The van der Waals surface area contributed by atoms with E-state index in [1.54, 1.807) is 0 Å². The van der Waals surface area contributed by atoms with Crippen molar-refractivity contribution in [2.45, 2.75) is 124 Å². The van der Waals surface area contributed by atoms with E-state index in [-0.39, 0.29) is 6.10 Å². The zero-order valence-electron chi connectivity index (χ0n) is 21.8. The second kappa shape index (κ2) is 8.85. The molecule has 4 saturated carbocycles. The third-order valence-corrected chi connectivity index (χ3v) is 12.1. The van der Waals surface area contributed by atoms with E-state index in [0.717, 1.165) is 47.8 Å². The molecule has 11 unspecified atom stereocenters. The predicted molar refractivity (Wildman–Crippen MR) is 132 cm³/mol. The molecule has 2 nitrogen and oxygen atoms in total. The first kappa shape index (κ1) is 23.7. The summed E-state index contributed by atoms with van der Waals surface area (Å²) in [5.41, 5.74) is 1.09. The first-order chi connectivity index (χ1) is 15.2. The van der Waals surface area contributed by atoms with Crippen molar-refractivity contribution in [3.8, 4) is 0 Å². The number of aliphatic hydroxyl groups excluding tert-OH is 1. The van der Waals surface area contributed by atoms with Gasteiger partial charge < -0.3 is 9.84 Å². The lowest BCUT2D eigenvalue weighted by atomic mass is 9.43. The highest BCUT2D eigenvalue weighted by molar-refractivity contribution is 5.11. The van der Waals surface area contributed by atoms with Crippen molar-refractivity contribution in [2.24, 2.45) is 58.2 Å². The molecule has 1 heterocycles. The zero-order chi connectivity index (χ0) is 22.7. The van der Waals surface area contributed by atoms with Gasteiger partial charge in [-0.05, 0) is 116 Å². The van der Waals surface area contributed by atoms with E-state index in [1.807, 2.05) is 0 Å². The lowest BCUT2D eigenvalue weighted by molar-refractivity contribution is -0.181. The van der Waals surface area contributed by atoms with E-state index in [9.17, 15) is 5.11 Å². The van der Waals surface area contributed by atoms with E-state index >= 15 is 0 Å². The van der Waals surface area contributed by atoms with Crippen LogP contribution in [0.25, 0.3) is 0 Å². The van der Waals surface area contributed by atoms with Crippen LogP contribution < -0.4 is 0 Å². The van der Waals surface area contributed by atoms with Crippen LogP contribution in [0.2, 0.25) is 0 Å². The van der Waals surface area contributed by atoms with Crippen molar-refractivity contribution in [3.63, 3.8) is 0 Å².